The van der Waals surface area contributed by atoms with Gasteiger partial charge in [-0.1, -0.05) is 13.0 Å². The number of allylic oxidation sites excluding steroid dienone is 1. The Balaban J connectivity index is 3.85. The molecule has 0 aliphatic carbocycles. The van der Waals surface area contributed by atoms with Gasteiger partial charge in [0.25, 0.3) is 0 Å². The van der Waals surface area contributed by atoms with E-state index in [2.05, 4.69) is 6.92 Å². The van der Waals surface area contributed by atoms with E-state index in [1.807, 2.05) is 19.2 Å². The number of amides is 1. The van der Waals surface area contributed by atoms with E-state index < -0.39 is 0 Å². The fourth-order valence-corrected chi connectivity index (χ4v) is 0.758. The summed E-state index contributed by atoms with van der Waals surface area (Å²) in [5.74, 6) is 0.111. The Labute approximate surface area is 62.5 Å². The zero-order valence-corrected chi connectivity index (χ0v) is 6.92. The van der Waals surface area contributed by atoms with Crippen molar-refractivity contribution >= 4 is 5.91 Å². The van der Waals surface area contributed by atoms with Crippen molar-refractivity contribution in [3.05, 3.63) is 12.3 Å². The lowest BCUT2D eigenvalue weighted by Gasteiger charge is -2.13. The summed E-state index contributed by atoms with van der Waals surface area (Å²) in [6.07, 6.45) is 4.69. The van der Waals surface area contributed by atoms with Crippen LogP contribution in [0.4, 0.5) is 0 Å². The minimum absolute atomic E-state index is 0.111. The first-order valence-corrected chi connectivity index (χ1v) is 3.62. The molecular formula is C8H15NO. The Morgan fingerprint density at radius 2 is 2.20 bits per heavy atom. The zero-order chi connectivity index (χ0) is 7.98. The minimum Gasteiger partial charge on any atom is -0.320 e. The first-order chi connectivity index (χ1) is 4.72. The number of carbonyl (C=O) groups excluding carboxylic acids is 1. The fourth-order valence-electron chi connectivity index (χ4n) is 0.758. The molecule has 0 atom stereocenters. The van der Waals surface area contributed by atoms with Gasteiger partial charge >= 0.3 is 0 Å². The number of nitrogens with zero attached hydrogens (tertiary/aromatic N) is 1. The van der Waals surface area contributed by atoms with Gasteiger partial charge in [0.1, 0.15) is 0 Å². The molecule has 0 aromatic rings. The van der Waals surface area contributed by atoms with Crippen molar-refractivity contribution in [2.75, 3.05) is 6.54 Å². The van der Waals surface area contributed by atoms with E-state index in [0.29, 0.717) is 0 Å². The first-order valence-electron chi connectivity index (χ1n) is 3.62. The van der Waals surface area contributed by atoms with Crippen LogP contribution in [0.25, 0.3) is 0 Å². The minimum atomic E-state index is 0.111. The normalized spacial score (nSPS) is 10.3. The maximum absolute atomic E-state index is 10.8. The Kier molecular flexibility index (Phi) is 4.63. The van der Waals surface area contributed by atoms with Gasteiger partial charge in [-0.3, -0.25) is 4.79 Å². The smallest absolute Gasteiger partial charge is 0.223 e. The summed E-state index contributed by atoms with van der Waals surface area (Å²) in [5.41, 5.74) is 0. The summed E-state index contributed by atoms with van der Waals surface area (Å²) in [6.45, 7) is 6.36. The number of rotatable bonds is 3. The third-order valence-electron chi connectivity index (χ3n) is 1.20. The van der Waals surface area contributed by atoms with E-state index in [1.165, 1.54) is 0 Å². The quantitative estimate of drug-likeness (QED) is 0.586. The largest absolute Gasteiger partial charge is 0.320 e. The Hall–Kier alpha value is -0.790. The summed E-state index contributed by atoms with van der Waals surface area (Å²) in [6, 6.07) is 0. The second kappa shape index (κ2) is 5.03. The molecule has 0 rings (SSSR count). The SMILES string of the molecule is C/C=C/N(CCC)C(C)=O. The monoisotopic (exact) mass is 141 g/mol. The van der Waals surface area contributed by atoms with E-state index in [9.17, 15) is 4.79 Å². The van der Waals surface area contributed by atoms with Crippen LogP contribution in [0, 0.1) is 0 Å². The van der Waals surface area contributed by atoms with E-state index in [1.54, 1.807) is 11.8 Å². The van der Waals surface area contributed by atoms with E-state index >= 15 is 0 Å². The molecule has 0 unspecified atom stereocenters. The van der Waals surface area contributed by atoms with Crippen LogP contribution in [0.1, 0.15) is 27.2 Å². The molecule has 2 nitrogen and oxygen atoms in total. The van der Waals surface area contributed by atoms with Crippen LogP contribution in [0.3, 0.4) is 0 Å². The summed E-state index contributed by atoms with van der Waals surface area (Å²) in [5, 5.41) is 0. The topological polar surface area (TPSA) is 20.3 Å². The van der Waals surface area contributed by atoms with Gasteiger partial charge in [-0.25, -0.2) is 0 Å². The molecule has 2 heteroatoms. The van der Waals surface area contributed by atoms with Crippen molar-refractivity contribution in [1.82, 2.24) is 4.90 Å². The summed E-state index contributed by atoms with van der Waals surface area (Å²) >= 11 is 0. The second-order valence-corrected chi connectivity index (χ2v) is 2.19. The second-order valence-electron chi connectivity index (χ2n) is 2.19. The number of carbonyl (C=O) groups is 1. The van der Waals surface area contributed by atoms with Crippen LogP contribution in [0.15, 0.2) is 12.3 Å². The lowest BCUT2D eigenvalue weighted by molar-refractivity contribution is -0.126. The third kappa shape index (κ3) is 3.28. The van der Waals surface area contributed by atoms with Crippen molar-refractivity contribution in [2.24, 2.45) is 0 Å². The molecule has 1 amide bonds. The van der Waals surface area contributed by atoms with Crippen LogP contribution < -0.4 is 0 Å². The van der Waals surface area contributed by atoms with Gasteiger partial charge in [0, 0.05) is 19.7 Å². The van der Waals surface area contributed by atoms with Gasteiger partial charge < -0.3 is 4.90 Å². The number of hydrogen-bond donors (Lipinski definition) is 0. The van der Waals surface area contributed by atoms with Gasteiger partial charge in [-0.2, -0.15) is 0 Å². The Morgan fingerprint density at radius 1 is 1.60 bits per heavy atom. The van der Waals surface area contributed by atoms with Crippen molar-refractivity contribution in [3.8, 4) is 0 Å². The molecule has 0 fully saturated rings. The highest BCUT2D eigenvalue weighted by atomic mass is 16.2. The predicted molar refractivity (Wildman–Crippen MR) is 42.5 cm³/mol. The molecule has 0 aromatic heterocycles. The molecule has 0 saturated carbocycles. The maximum Gasteiger partial charge on any atom is 0.223 e. The fraction of sp³-hybridized carbons (Fsp3) is 0.625. The number of hydrogen-bond acceptors (Lipinski definition) is 1. The highest BCUT2D eigenvalue weighted by Crippen LogP contribution is 1.92. The van der Waals surface area contributed by atoms with Crippen molar-refractivity contribution in [3.63, 3.8) is 0 Å². The average molecular weight is 141 g/mol. The van der Waals surface area contributed by atoms with Gasteiger partial charge in [0.05, 0.1) is 0 Å². The molecule has 0 radical (unpaired) electrons. The standard InChI is InChI=1S/C8H15NO/c1-4-6-9(7-5-2)8(3)10/h4,6H,5,7H2,1-3H3/b6-4+. The first kappa shape index (κ1) is 9.21. The van der Waals surface area contributed by atoms with Crippen molar-refractivity contribution in [2.45, 2.75) is 27.2 Å². The van der Waals surface area contributed by atoms with Crippen molar-refractivity contribution in [1.29, 1.82) is 0 Å². The van der Waals surface area contributed by atoms with Crippen LogP contribution >= 0.6 is 0 Å². The lowest BCUT2D eigenvalue weighted by atomic mass is 10.4. The molecule has 0 aliphatic heterocycles. The van der Waals surface area contributed by atoms with Crippen LogP contribution in [-0.2, 0) is 4.79 Å². The van der Waals surface area contributed by atoms with Gasteiger partial charge in [-0.05, 0) is 13.3 Å². The van der Waals surface area contributed by atoms with Gasteiger partial charge in [-0.15, -0.1) is 0 Å². The van der Waals surface area contributed by atoms with E-state index in [-0.39, 0.29) is 5.91 Å². The maximum atomic E-state index is 10.8. The predicted octanol–water partition coefficient (Wildman–Crippen LogP) is 1.78. The molecule has 10 heavy (non-hydrogen) atoms. The molecule has 0 N–H and O–H groups in total. The summed E-state index contributed by atoms with van der Waals surface area (Å²) < 4.78 is 0. The molecule has 0 bridgehead atoms. The molecule has 0 heterocycles. The molecular weight excluding hydrogens is 126 g/mol. The van der Waals surface area contributed by atoms with Crippen molar-refractivity contribution < 1.29 is 4.79 Å². The molecule has 0 aliphatic rings. The Morgan fingerprint density at radius 3 is 2.50 bits per heavy atom. The molecule has 0 saturated heterocycles. The zero-order valence-electron chi connectivity index (χ0n) is 6.92. The van der Waals surface area contributed by atoms with Crippen LogP contribution in [0.5, 0.6) is 0 Å². The lowest BCUT2D eigenvalue weighted by Crippen LogP contribution is -2.23. The molecule has 0 spiro atoms. The molecule has 58 valence electrons. The summed E-state index contributed by atoms with van der Waals surface area (Å²) in [7, 11) is 0. The van der Waals surface area contributed by atoms with Gasteiger partial charge in [0.2, 0.25) is 5.91 Å². The average Bonchev–Trinajstić information content (AvgIpc) is 1.87. The third-order valence-corrected chi connectivity index (χ3v) is 1.20. The van der Waals surface area contributed by atoms with E-state index in [0.717, 1.165) is 13.0 Å². The summed E-state index contributed by atoms with van der Waals surface area (Å²) in [4.78, 5) is 12.5. The highest BCUT2D eigenvalue weighted by molar-refractivity contribution is 5.74. The van der Waals surface area contributed by atoms with Crippen LogP contribution in [-0.4, -0.2) is 17.4 Å². The van der Waals surface area contributed by atoms with Gasteiger partial charge in [0.15, 0.2) is 0 Å². The Bertz CT molecular complexity index is 129. The highest BCUT2D eigenvalue weighted by Gasteiger charge is 2.00. The van der Waals surface area contributed by atoms with Crippen LogP contribution in [0.2, 0.25) is 0 Å². The van der Waals surface area contributed by atoms with E-state index in [4.69, 9.17) is 0 Å². The molecule has 0 aromatic carbocycles.